The first-order valence-electron chi connectivity index (χ1n) is 5.74. The van der Waals surface area contributed by atoms with Crippen LogP contribution in [0.4, 0.5) is 0 Å². The van der Waals surface area contributed by atoms with Gasteiger partial charge in [-0.2, -0.15) is 0 Å². The molecule has 0 unspecified atom stereocenters. The molecule has 15 heavy (non-hydrogen) atoms. The molecule has 2 rings (SSSR count). The monoisotopic (exact) mass is 205 g/mol. The van der Waals surface area contributed by atoms with Crippen LogP contribution in [0.2, 0.25) is 0 Å². The minimum atomic E-state index is 0.373. The maximum absolute atomic E-state index is 9.37. The molecule has 0 radical (unpaired) electrons. The molecule has 1 aliphatic heterocycles. The van der Waals surface area contributed by atoms with Crippen molar-refractivity contribution in [3.05, 3.63) is 29.8 Å². The summed E-state index contributed by atoms with van der Waals surface area (Å²) in [5, 5.41) is 9.37. The third-order valence-corrected chi connectivity index (χ3v) is 3.19. The van der Waals surface area contributed by atoms with Crippen LogP contribution >= 0.6 is 0 Å². The molecule has 0 bridgehead atoms. The van der Waals surface area contributed by atoms with Crippen molar-refractivity contribution in [3.63, 3.8) is 0 Å². The van der Waals surface area contributed by atoms with Crippen LogP contribution in [0.5, 0.6) is 5.75 Å². The van der Waals surface area contributed by atoms with E-state index in [1.165, 1.54) is 31.5 Å². The number of aromatic hydroxyl groups is 1. The number of hydrogen-bond acceptors (Lipinski definition) is 2. The number of benzene rings is 1. The predicted molar refractivity (Wildman–Crippen MR) is 61.8 cm³/mol. The van der Waals surface area contributed by atoms with Gasteiger partial charge in [0.15, 0.2) is 0 Å². The molecule has 1 fully saturated rings. The topological polar surface area (TPSA) is 23.5 Å². The van der Waals surface area contributed by atoms with Crippen LogP contribution in [0, 0.1) is 5.92 Å². The Morgan fingerprint density at radius 2 is 2.07 bits per heavy atom. The average molecular weight is 205 g/mol. The van der Waals surface area contributed by atoms with Gasteiger partial charge in [0, 0.05) is 6.54 Å². The first kappa shape index (κ1) is 10.5. The van der Waals surface area contributed by atoms with Gasteiger partial charge in [-0.3, -0.25) is 4.90 Å². The summed E-state index contributed by atoms with van der Waals surface area (Å²) in [7, 11) is 0. The summed E-state index contributed by atoms with van der Waals surface area (Å²) in [6.07, 6.45) is 2.61. The summed E-state index contributed by atoms with van der Waals surface area (Å²) in [5.41, 5.74) is 1.21. The average Bonchev–Trinajstić information content (AvgIpc) is 2.22. The molecule has 0 spiro atoms. The lowest BCUT2D eigenvalue weighted by Crippen LogP contribution is -2.32. The molecule has 82 valence electrons. The highest BCUT2D eigenvalue weighted by Gasteiger charge is 2.15. The van der Waals surface area contributed by atoms with E-state index in [4.69, 9.17) is 0 Å². The minimum Gasteiger partial charge on any atom is -0.508 e. The standard InChI is InChI=1S/C13H19NO/c1-11-5-7-14(8-6-11)10-12-3-2-4-13(15)9-12/h2-4,9,11,15H,5-8,10H2,1H3. The maximum atomic E-state index is 9.37. The second kappa shape index (κ2) is 4.67. The van der Waals surface area contributed by atoms with Crippen LogP contribution in [0.15, 0.2) is 24.3 Å². The number of likely N-dealkylation sites (tertiary alicyclic amines) is 1. The van der Waals surface area contributed by atoms with Gasteiger partial charge in [0.2, 0.25) is 0 Å². The van der Waals surface area contributed by atoms with Gasteiger partial charge in [0.25, 0.3) is 0 Å². The smallest absolute Gasteiger partial charge is 0.115 e. The quantitative estimate of drug-likeness (QED) is 0.802. The molecule has 0 amide bonds. The van der Waals surface area contributed by atoms with Gasteiger partial charge in [-0.15, -0.1) is 0 Å². The van der Waals surface area contributed by atoms with Crippen molar-refractivity contribution in [2.45, 2.75) is 26.3 Å². The van der Waals surface area contributed by atoms with Gasteiger partial charge in [-0.1, -0.05) is 19.1 Å². The molecule has 1 aromatic rings. The van der Waals surface area contributed by atoms with Crippen molar-refractivity contribution in [2.75, 3.05) is 13.1 Å². The summed E-state index contributed by atoms with van der Waals surface area (Å²) in [6, 6.07) is 7.58. The van der Waals surface area contributed by atoms with Crippen molar-refractivity contribution in [2.24, 2.45) is 5.92 Å². The Labute approximate surface area is 91.5 Å². The zero-order valence-electron chi connectivity index (χ0n) is 9.32. The molecule has 1 aromatic carbocycles. The molecule has 0 aliphatic carbocycles. The summed E-state index contributed by atoms with van der Waals surface area (Å²) in [5.74, 6) is 1.25. The largest absolute Gasteiger partial charge is 0.508 e. The van der Waals surface area contributed by atoms with Gasteiger partial charge in [-0.25, -0.2) is 0 Å². The van der Waals surface area contributed by atoms with Gasteiger partial charge in [0.05, 0.1) is 0 Å². The second-order valence-corrected chi connectivity index (χ2v) is 4.63. The van der Waals surface area contributed by atoms with Crippen molar-refractivity contribution >= 4 is 0 Å². The number of piperidine rings is 1. The highest BCUT2D eigenvalue weighted by molar-refractivity contribution is 5.26. The Morgan fingerprint density at radius 1 is 1.33 bits per heavy atom. The van der Waals surface area contributed by atoms with Crippen LogP contribution < -0.4 is 0 Å². The van der Waals surface area contributed by atoms with E-state index in [9.17, 15) is 5.11 Å². The fraction of sp³-hybridized carbons (Fsp3) is 0.538. The van der Waals surface area contributed by atoms with Gasteiger partial charge < -0.3 is 5.11 Å². The molecule has 2 heteroatoms. The van der Waals surface area contributed by atoms with Crippen molar-refractivity contribution in [3.8, 4) is 5.75 Å². The Kier molecular flexibility index (Phi) is 3.27. The van der Waals surface area contributed by atoms with Crippen LogP contribution in [0.3, 0.4) is 0 Å². The number of hydrogen-bond donors (Lipinski definition) is 1. The Morgan fingerprint density at radius 3 is 2.73 bits per heavy atom. The third kappa shape index (κ3) is 2.96. The summed E-state index contributed by atoms with van der Waals surface area (Å²) >= 11 is 0. The van der Waals surface area contributed by atoms with E-state index in [1.54, 1.807) is 6.07 Å². The highest BCUT2D eigenvalue weighted by atomic mass is 16.3. The Bertz CT molecular complexity index is 316. The summed E-state index contributed by atoms with van der Waals surface area (Å²) < 4.78 is 0. The lowest BCUT2D eigenvalue weighted by atomic mass is 9.99. The van der Waals surface area contributed by atoms with Crippen molar-refractivity contribution in [1.29, 1.82) is 0 Å². The highest BCUT2D eigenvalue weighted by Crippen LogP contribution is 2.19. The maximum Gasteiger partial charge on any atom is 0.115 e. The lowest BCUT2D eigenvalue weighted by molar-refractivity contribution is 0.185. The Balaban J connectivity index is 1.92. The van der Waals surface area contributed by atoms with E-state index < -0.39 is 0 Å². The second-order valence-electron chi connectivity index (χ2n) is 4.63. The molecule has 0 saturated carbocycles. The molecule has 2 nitrogen and oxygen atoms in total. The first-order valence-corrected chi connectivity index (χ1v) is 5.74. The Hall–Kier alpha value is -1.02. The van der Waals surface area contributed by atoms with Crippen molar-refractivity contribution < 1.29 is 5.11 Å². The zero-order chi connectivity index (χ0) is 10.7. The van der Waals surface area contributed by atoms with Gasteiger partial charge in [0.1, 0.15) is 5.75 Å². The van der Waals surface area contributed by atoms with E-state index in [0.717, 1.165) is 12.5 Å². The SMILES string of the molecule is CC1CCN(Cc2cccc(O)c2)CC1. The first-order chi connectivity index (χ1) is 7.24. The van der Waals surface area contributed by atoms with Crippen LogP contribution in [-0.4, -0.2) is 23.1 Å². The number of nitrogens with zero attached hydrogens (tertiary/aromatic N) is 1. The molecular weight excluding hydrogens is 186 g/mol. The van der Waals surface area contributed by atoms with E-state index in [0.29, 0.717) is 5.75 Å². The van der Waals surface area contributed by atoms with E-state index in [2.05, 4.69) is 17.9 Å². The predicted octanol–water partition coefficient (Wildman–Crippen LogP) is 2.62. The van der Waals surface area contributed by atoms with E-state index >= 15 is 0 Å². The van der Waals surface area contributed by atoms with Crippen LogP contribution in [0.25, 0.3) is 0 Å². The molecule has 1 saturated heterocycles. The number of rotatable bonds is 2. The molecule has 1 N–H and O–H groups in total. The van der Waals surface area contributed by atoms with E-state index in [1.807, 2.05) is 12.1 Å². The van der Waals surface area contributed by atoms with Gasteiger partial charge >= 0.3 is 0 Å². The molecular formula is C13H19NO. The van der Waals surface area contributed by atoms with Crippen molar-refractivity contribution in [1.82, 2.24) is 4.90 Å². The molecule has 1 aliphatic rings. The molecule has 1 heterocycles. The van der Waals surface area contributed by atoms with E-state index in [-0.39, 0.29) is 0 Å². The van der Waals surface area contributed by atoms with Crippen LogP contribution in [0.1, 0.15) is 25.3 Å². The minimum absolute atomic E-state index is 0.373. The summed E-state index contributed by atoms with van der Waals surface area (Å²) in [4.78, 5) is 2.47. The normalized spacial score (nSPS) is 19.3. The molecule has 0 aromatic heterocycles. The summed E-state index contributed by atoms with van der Waals surface area (Å²) in [6.45, 7) is 5.68. The zero-order valence-corrected chi connectivity index (χ0v) is 9.32. The fourth-order valence-electron chi connectivity index (χ4n) is 2.13. The van der Waals surface area contributed by atoms with Crippen LogP contribution in [-0.2, 0) is 6.54 Å². The number of phenols is 1. The number of phenolic OH excluding ortho intramolecular Hbond substituents is 1. The fourth-order valence-corrected chi connectivity index (χ4v) is 2.13. The lowest BCUT2D eigenvalue weighted by Gasteiger charge is -2.30. The third-order valence-electron chi connectivity index (χ3n) is 3.19. The molecule has 0 atom stereocenters. The van der Waals surface area contributed by atoms with Gasteiger partial charge in [-0.05, 0) is 49.5 Å².